The fourth-order valence-electron chi connectivity index (χ4n) is 2.51. The van der Waals surface area contributed by atoms with Crippen molar-refractivity contribution in [3.8, 4) is 0 Å². The normalized spacial score (nSPS) is 21.7. The summed E-state index contributed by atoms with van der Waals surface area (Å²) in [5, 5.41) is 9.17. The predicted octanol–water partition coefficient (Wildman–Crippen LogP) is 2.34. The summed E-state index contributed by atoms with van der Waals surface area (Å²) in [7, 11) is 0. The molecule has 0 aromatic heterocycles. The zero-order valence-electron chi connectivity index (χ0n) is 10.3. The zero-order valence-corrected chi connectivity index (χ0v) is 10.3. The van der Waals surface area contributed by atoms with Gasteiger partial charge >= 0.3 is 0 Å². The van der Waals surface area contributed by atoms with Gasteiger partial charge in [0.05, 0.1) is 0 Å². The minimum atomic E-state index is -0.123. The first-order valence-electron chi connectivity index (χ1n) is 6.27. The molecule has 1 aromatic carbocycles. The van der Waals surface area contributed by atoms with Crippen LogP contribution in [0.15, 0.2) is 18.2 Å². The number of benzene rings is 1. The highest BCUT2D eigenvalue weighted by Gasteiger charge is 2.19. The molecule has 17 heavy (non-hydrogen) atoms. The summed E-state index contributed by atoms with van der Waals surface area (Å²) >= 11 is 0. The smallest absolute Gasteiger partial charge is 0.127 e. The molecule has 1 aromatic rings. The van der Waals surface area contributed by atoms with E-state index in [0.717, 1.165) is 37.1 Å². The van der Waals surface area contributed by atoms with Gasteiger partial charge in [0.2, 0.25) is 0 Å². The molecule has 0 spiro atoms. The van der Waals surface area contributed by atoms with E-state index in [1.165, 1.54) is 6.07 Å². The Balaban J connectivity index is 2.02. The Morgan fingerprint density at radius 2 is 2.29 bits per heavy atom. The van der Waals surface area contributed by atoms with Crippen molar-refractivity contribution in [2.45, 2.75) is 26.3 Å². The summed E-state index contributed by atoms with van der Waals surface area (Å²) in [6, 6.07) is 5.25. The molecule has 1 aliphatic heterocycles. The number of aryl methyl sites for hydroxylation is 1. The van der Waals surface area contributed by atoms with E-state index in [1.807, 2.05) is 13.0 Å². The maximum absolute atomic E-state index is 13.6. The van der Waals surface area contributed by atoms with Crippen molar-refractivity contribution in [2.75, 3.05) is 19.7 Å². The molecule has 1 N–H and O–H groups in total. The molecule has 1 unspecified atom stereocenters. The van der Waals surface area contributed by atoms with E-state index in [1.54, 1.807) is 6.07 Å². The number of hydrogen-bond donors (Lipinski definition) is 1. The molecule has 1 fully saturated rings. The van der Waals surface area contributed by atoms with E-state index in [2.05, 4.69) is 4.90 Å². The molecule has 2 rings (SSSR count). The first-order valence-corrected chi connectivity index (χ1v) is 6.27. The van der Waals surface area contributed by atoms with Crippen molar-refractivity contribution in [3.05, 3.63) is 35.1 Å². The van der Waals surface area contributed by atoms with Crippen molar-refractivity contribution in [1.82, 2.24) is 4.90 Å². The molecule has 0 radical (unpaired) electrons. The number of aliphatic hydroxyl groups excluding tert-OH is 1. The lowest BCUT2D eigenvalue weighted by Gasteiger charge is -2.31. The molecule has 0 saturated carbocycles. The Hall–Kier alpha value is -0.930. The summed E-state index contributed by atoms with van der Waals surface area (Å²) in [5.41, 5.74) is 1.86. The van der Waals surface area contributed by atoms with Crippen molar-refractivity contribution in [1.29, 1.82) is 0 Å². The summed E-state index contributed by atoms with van der Waals surface area (Å²) < 4.78 is 13.6. The highest BCUT2D eigenvalue weighted by Crippen LogP contribution is 2.19. The lowest BCUT2D eigenvalue weighted by Crippen LogP contribution is -2.36. The fourth-order valence-corrected chi connectivity index (χ4v) is 2.51. The Morgan fingerprint density at radius 3 is 3.06 bits per heavy atom. The second-order valence-corrected chi connectivity index (χ2v) is 5.02. The topological polar surface area (TPSA) is 23.5 Å². The first-order chi connectivity index (χ1) is 8.19. The molecule has 1 aliphatic rings. The Labute approximate surface area is 102 Å². The molecule has 94 valence electrons. The number of aliphatic hydroxyl groups is 1. The van der Waals surface area contributed by atoms with Crippen LogP contribution in [0.3, 0.4) is 0 Å². The molecule has 0 amide bonds. The quantitative estimate of drug-likeness (QED) is 0.872. The monoisotopic (exact) mass is 237 g/mol. The van der Waals surface area contributed by atoms with Crippen LogP contribution in [0.25, 0.3) is 0 Å². The van der Waals surface area contributed by atoms with Crippen LogP contribution in [0.5, 0.6) is 0 Å². The third kappa shape index (κ3) is 3.27. The van der Waals surface area contributed by atoms with Crippen molar-refractivity contribution >= 4 is 0 Å². The number of hydrogen-bond acceptors (Lipinski definition) is 2. The average Bonchev–Trinajstić information content (AvgIpc) is 2.34. The molecule has 2 nitrogen and oxygen atoms in total. The third-order valence-electron chi connectivity index (χ3n) is 3.46. The zero-order chi connectivity index (χ0) is 12.3. The van der Waals surface area contributed by atoms with E-state index in [-0.39, 0.29) is 12.4 Å². The molecule has 0 aliphatic carbocycles. The van der Waals surface area contributed by atoms with Gasteiger partial charge in [-0.05, 0) is 38.3 Å². The standard InChI is InChI=1S/C14H20FNO/c1-11-4-5-14(15)13(7-11)9-16-6-2-3-12(8-16)10-17/h4-5,7,12,17H,2-3,6,8-10H2,1H3. The van der Waals surface area contributed by atoms with Gasteiger partial charge in [-0.2, -0.15) is 0 Å². The SMILES string of the molecule is Cc1ccc(F)c(CN2CCCC(CO)C2)c1. The van der Waals surface area contributed by atoms with Crippen LogP contribution in [0.1, 0.15) is 24.0 Å². The lowest BCUT2D eigenvalue weighted by atomic mass is 9.98. The number of rotatable bonds is 3. The summed E-state index contributed by atoms with van der Waals surface area (Å²) in [6.07, 6.45) is 2.18. The van der Waals surface area contributed by atoms with E-state index in [9.17, 15) is 9.50 Å². The highest BCUT2D eigenvalue weighted by molar-refractivity contribution is 5.24. The second kappa shape index (κ2) is 5.61. The van der Waals surface area contributed by atoms with Gasteiger partial charge in [0.15, 0.2) is 0 Å². The Morgan fingerprint density at radius 1 is 1.47 bits per heavy atom. The van der Waals surface area contributed by atoms with Crippen molar-refractivity contribution in [3.63, 3.8) is 0 Å². The lowest BCUT2D eigenvalue weighted by molar-refractivity contribution is 0.115. The van der Waals surface area contributed by atoms with Crippen LogP contribution in [0, 0.1) is 18.7 Å². The highest BCUT2D eigenvalue weighted by atomic mass is 19.1. The molecule has 1 saturated heterocycles. The minimum absolute atomic E-state index is 0.123. The van der Waals surface area contributed by atoms with Gasteiger partial charge in [-0.25, -0.2) is 4.39 Å². The van der Waals surface area contributed by atoms with E-state index < -0.39 is 0 Å². The van der Waals surface area contributed by atoms with Gasteiger partial charge in [-0.3, -0.25) is 4.90 Å². The van der Waals surface area contributed by atoms with Crippen molar-refractivity contribution in [2.24, 2.45) is 5.92 Å². The van der Waals surface area contributed by atoms with Gasteiger partial charge < -0.3 is 5.11 Å². The maximum atomic E-state index is 13.6. The van der Waals surface area contributed by atoms with E-state index >= 15 is 0 Å². The first kappa shape index (κ1) is 12.5. The molecular formula is C14H20FNO. The third-order valence-corrected chi connectivity index (χ3v) is 3.46. The summed E-state index contributed by atoms with van der Waals surface area (Å²) in [4.78, 5) is 2.24. The van der Waals surface area contributed by atoms with Crippen LogP contribution in [-0.2, 0) is 6.54 Å². The fraction of sp³-hybridized carbons (Fsp3) is 0.571. The summed E-state index contributed by atoms with van der Waals surface area (Å²) in [6.45, 7) is 4.76. The molecule has 1 atom stereocenters. The Kier molecular flexibility index (Phi) is 4.13. The number of nitrogens with zero attached hydrogens (tertiary/aromatic N) is 1. The van der Waals surface area contributed by atoms with Gasteiger partial charge in [0, 0.05) is 25.3 Å². The van der Waals surface area contributed by atoms with Gasteiger partial charge in [0.1, 0.15) is 5.82 Å². The molecule has 0 bridgehead atoms. The van der Waals surface area contributed by atoms with Crippen LogP contribution in [0.4, 0.5) is 4.39 Å². The molecule has 3 heteroatoms. The van der Waals surface area contributed by atoms with Gasteiger partial charge in [0.25, 0.3) is 0 Å². The van der Waals surface area contributed by atoms with Crippen LogP contribution in [-0.4, -0.2) is 29.7 Å². The molecule has 1 heterocycles. The Bertz CT molecular complexity index is 380. The van der Waals surface area contributed by atoms with E-state index in [4.69, 9.17) is 0 Å². The van der Waals surface area contributed by atoms with Gasteiger partial charge in [-0.1, -0.05) is 17.7 Å². The van der Waals surface area contributed by atoms with Crippen LogP contribution < -0.4 is 0 Å². The van der Waals surface area contributed by atoms with Gasteiger partial charge in [-0.15, -0.1) is 0 Å². The molecular weight excluding hydrogens is 217 g/mol. The van der Waals surface area contributed by atoms with Crippen LogP contribution >= 0.6 is 0 Å². The number of piperidine rings is 1. The van der Waals surface area contributed by atoms with Crippen LogP contribution in [0.2, 0.25) is 0 Å². The van der Waals surface area contributed by atoms with E-state index in [0.29, 0.717) is 12.5 Å². The second-order valence-electron chi connectivity index (χ2n) is 5.02. The number of halogens is 1. The maximum Gasteiger partial charge on any atom is 0.127 e. The largest absolute Gasteiger partial charge is 0.396 e. The average molecular weight is 237 g/mol. The van der Waals surface area contributed by atoms with Crippen molar-refractivity contribution < 1.29 is 9.50 Å². The number of likely N-dealkylation sites (tertiary alicyclic amines) is 1. The predicted molar refractivity (Wildman–Crippen MR) is 66.2 cm³/mol. The minimum Gasteiger partial charge on any atom is -0.396 e. The summed E-state index contributed by atoms with van der Waals surface area (Å²) in [5.74, 6) is 0.235.